The van der Waals surface area contributed by atoms with Crippen LogP contribution in [0, 0.1) is 6.92 Å². The Morgan fingerprint density at radius 2 is 1.97 bits per heavy atom. The normalized spacial score (nSPS) is 11.5. The first-order valence-electron chi connectivity index (χ1n) is 9.47. The van der Waals surface area contributed by atoms with Crippen LogP contribution >= 0.6 is 11.3 Å². The highest BCUT2D eigenvalue weighted by atomic mass is 32.2. The third-order valence-corrected chi connectivity index (χ3v) is 7.20. The van der Waals surface area contributed by atoms with Crippen molar-refractivity contribution in [2.45, 2.75) is 18.2 Å². The number of rotatable bonds is 7. The Labute approximate surface area is 183 Å². The molecular weight excluding hydrogens is 436 g/mol. The van der Waals surface area contributed by atoms with Gasteiger partial charge in [-0.05, 0) is 31.2 Å². The fraction of sp³-hybridized carbons (Fsp3) is 0.182. The molecule has 160 valence electrons. The van der Waals surface area contributed by atoms with Crippen molar-refractivity contribution < 1.29 is 22.4 Å². The topological polar surface area (TPSA) is 98.5 Å². The van der Waals surface area contributed by atoms with Gasteiger partial charge in [0.05, 0.1) is 17.8 Å². The van der Waals surface area contributed by atoms with Gasteiger partial charge in [-0.3, -0.25) is 4.79 Å². The van der Waals surface area contributed by atoms with E-state index in [0.29, 0.717) is 27.9 Å². The van der Waals surface area contributed by atoms with E-state index in [1.165, 1.54) is 11.3 Å². The number of methoxy groups -OCH3 is 1. The number of anilines is 1. The zero-order chi connectivity index (χ0) is 22.0. The molecule has 2 aromatic heterocycles. The van der Waals surface area contributed by atoms with E-state index >= 15 is 0 Å². The van der Waals surface area contributed by atoms with Crippen LogP contribution in [0.2, 0.25) is 0 Å². The monoisotopic (exact) mass is 456 g/mol. The van der Waals surface area contributed by atoms with E-state index in [1.807, 2.05) is 31.2 Å². The Kier molecular flexibility index (Phi) is 5.79. The SMILES string of the molecule is COc1cccc2cc(-c3csc(NC(=O)CCS(=O)(=O)c4ccc(C)cc4)n3)oc12. The van der Waals surface area contributed by atoms with Crippen molar-refractivity contribution in [2.75, 3.05) is 18.2 Å². The first-order valence-corrected chi connectivity index (χ1v) is 12.0. The van der Waals surface area contributed by atoms with Gasteiger partial charge >= 0.3 is 0 Å². The number of carbonyl (C=O) groups is 1. The van der Waals surface area contributed by atoms with Crippen molar-refractivity contribution in [2.24, 2.45) is 0 Å². The van der Waals surface area contributed by atoms with Gasteiger partial charge < -0.3 is 14.5 Å². The highest BCUT2D eigenvalue weighted by Gasteiger charge is 2.18. The Bertz CT molecular complexity index is 1340. The molecule has 1 amide bonds. The molecule has 0 radical (unpaired) electrons. The van der Waals surface area contributed by atoms with Gasteiger partial charge in [-0.25, -0.2) is 13.4 Å². The average molecular weight is 457 g/mol. The van der Waals surface area contributed by atoms with Crippen LogP contribution in [0.5, 0.6) is 5.75 Å². The zero-order valence-corrected chi connectivity index (χ0v) is 18.5. The molecule has 0 atom stereocenters. The maximum atomic E-state index is 12.4. The number of sulfone groups is 1. The molecule has 0 spiro atoms. The molecule has 0 saturated heterocycles. The van der Waals surface area contributed by atoms with Crippen molar-refractivity contribution in [1.82, 2.24) is 4.98 Å². The molecule has 9 heteroatoms. The lowest BCUT2D eigenvalue weighted by Crippen LogP contribution is -2.17. The molecule has 0 aliphatic carbocycles. The van der Waals surface area contributed by atoms with Crippen LogP contribution in [0.1, 0.15) is 12.0 Å². The number of nitrogens with one attached hydrogen (secondary N) is 1. The molecule has 0 aliphatic rings. The van der Waals surface area contributed by atoms with Gasteiger partial charge in [0, 0.05) is 17.2 Å². The number of hydrogen-bond acceptors (Lipinski definition) is 7. The van der Waals surface area contributed by atoms with E-state index in [-0.39, 0.29) is 17.1 Å². The lowest BCUT2D eigenvalue weighted by Gasteiger charge is -2.05. The Balaban J connectivity index is 1.42. The quantitative estimate of drug-likeness (QED) is 0.434. The number of aromatic nitrogens is 1. The highest BCUT2D eigenvalue weighted by Crippen LogP contribution is 2.34. The molecule has 0 bridgehead atoms. The molecule has 7 nitrogen and oxygen atoms in total. The van der Waals surface area contributed by atoms with E-state index in [2.05, 4.69) is 10.3 Å². The zero-order valence-electron chi connectivity index (χ0n) is 16.9. The second kappa shape index (κ2) is 8.52. The fourth-order valence-electron chi connectivity index (χ4n) is 3.04. The minimum Gasteiger partial charge on any atom is -0.493 e. The third-order valence-electron chi connectivity index (χ3n) is 4.71. The first-order chi connectivity index (χ1) is 14.9. The summed E-state index contributed by atoms with van der Waals surface area (Å²) < 4.78 is 36.0. The van der Waals surface area contributed by atoms with Crippen molar-refractivity contribution in [1.29, 1.82) is 0 Å². The van der Waals surface area contributed by atoms with Crippen LogP contribution in [0.3, 0.4) is 0 Å². The highest BCUT2D eigenvalue weighted by molar-refractivity contribution is 7.91. The van der Waals surface area contributed by atoms with E-state index in [0.717, 1.165) is 10.9 Å². The molecule has 2 heterocycles. The van der Waals surface area contributed by atoms with Gasteiger partial charge in [0.1, 0.15) is 5.69 Å². The number of ether oxygens (including phenoxy) is 1. The summed E-state index contributed by atoms with van der Waals surface area (Å²) in [6, 6.07) is 14.0. The average Bonchev–Trinajstić information content (AvgIpc) is 3.39. The summed E-state index contributed by atoms with van der Waals surface area (Å²) in [5.41, 5.74) is 2.17. The summed E-state index contributed by atoms with van der Waals surface area (Å²) in [6.45, 7) is 1.88. The van der Waals surface area contributed by atoms with Gasteiger partial charge in [-0.2, -0.15) is 0 Å². The number of nitrogens with zero attached hydrogens (tertiary/aromatic N) is 1. The summed E-state index contributed by atoms with van der Waals surface area (Å²) in [4.78, 5) is 16.9. The lowest BCUT2D eigenvalue weighted by molar-refractivity contribution is -0.115. The molecule has 4 rings (SSSR count). The van der Waals surface area contributed by atoms with Crippen molar-refractivity contribution in [3.63, 3.8) is 0 Å². The molecule has 0 unspecified atom stereocenters. The van der Waals surface area contributed by atoms with Crippen LogP contribution in [-0.4, -0.2) is 32.2 Å². The van der Waals surface area contributed by atoms with Crippen LogP contribution in [-0.2, 0) is 14.6 Å². The van der Waals surface area contributed by atoms with E-state index < -0.39 is 15.7 Å². The predicted octanol–water partition coefficient (Wildman–Crippen LogP) is 4.68. The molecule has 4 aromatic rings. The van der Waals surface area contributed by atoms with Gasteiger partial charge in [-0.1, -0.05) is 29.8 Å². The van der Waals surface area contributed by atoms with Gasteiger partial charge in [0.2, 0.25) is 5.91 Å². The number of hydrogen-bond donors (Lipinski definition) is 1. The molecule has 0 fully saturated rings. The van der Waals surface area contributed by atoms with Crippen molar-refractivity contribution >= 4 is 43.2 Å². The number of thiazole rings is 1. The molecule has 1 N–H and O–H groups in total. The molecule has 31 heavy (non-hydrogen) atoms. The fourth-order valence-corrected chi connectivity index (χ4v) is 5.00. The first kappa shape index (κ1) is 21.1. The number of fused-ring (bicyclic) bond motifs is 1. The summed E-state index contributed by atoms with van der Waals surface area (Å²) in [5, 5.41) is 5.68. The minimum absolute atomic E-state index is 0.160. The Morgan fingerprint density at radius 1 is 1.19 bits per heavy atom. The van der Waals surface area contributed by atoms with Crippen molar-refractivity contribution in [3.05, 3.63) is 59.5 Å². The summed E-state index contributed by atoms with van der Waals surface area (Å²) in [7, 11) is -1.95. The molecular formula is C22H20N2O5S2. The second-order valence-electron chi connectivity index (χ2n) is 6.96. The largest absolute Gasteiger partial charge is 0.493 e. The van der Waals surface area contributed by atoms with Crippen molar-refractivity contribution in [3.8, 4) is 17.2 Å². The van der Waals surface area contributed by atoms with Crippen LogP contribution < -0.4 is 10.1 Å². The number of amides is 1. The maximum absolute atomic E-state index is 12.4. The number of carbonyl (C=O) groups excluding carboxylic acids is 1. The van der Waals surface area contributed by atoms with E-state index in [4.69, 9.17) is 9.15 Å². The summed E-state index contributed by atoms with van der Waals surface area (Å²) >= 11 is 1.24. The molecule has 0 saturated carbocycles. The van der Waals surface area contributed by atoms with Crippen LogP contribution in [0.4, 0.5) is 5.13 Å². The van der Waals surface area contributed by atoms with Crippen LogP contribution in [0.15, 0.2) is 63.2 Å². The summed E-state index contributed by atoms with van der Waals surface area (Å²) in [6.07, 6.45) is -0.160. The number of furan rings is 1. The van der Waals surface area contributed by atoms with Gasteiger partial charge in [0.15, 0.2) is 32.1 Å². The van der Waals surface area contributed by atoms with E-state index in [9.17, 15) is 13.2 Å². The standard InChI is InChI=1S/C22H20N2O5S2/c1-14-6-8-16(9-7-14)31(26,27)11-10-20(25)24-22-23-17(13-30-22)19-12-15-4-3-5-18(28-2)21(15)29-19/h3-9,12-13H,10-11H2,1-2H3,(H,23,24,25). The Hall–Kier alpha value is -3.17. The smallest absolute Gasteiger partial charge is 0.227 e. The maximum Gasteiger partial charge on any atom is 0.227 e. The minimum atomic E-state index is -3.53. The Morgan fingerprint density at radius 3 is 2.71 bits per heavy atom. The predicted molar refractivity (Wildman–Crippen MR) is 120 cm³/mol. The second-order valence-corrected chi connectivity index (χ2v) is 9.92. The van der Waals surface area contributed by atoms with Gasteiger partial charge in [-0.15, -0.1) is 11.3 Å². The number of para-hydroxylation sites is 1. The summed E-state index contributed by atoms with van der Waals surface area (Å²) in [5.74, 6) is 0.493. The third kappa shape index (κ3) is 4.62. The lowest BCUT2D eigenvalue weighted by atomic mass is 10.2. The van der Waals surface area contributed by atoms with E-state index in [1.54, 1.807) is 36.8 Å². The number of benzene rings is 2. The van der Waals surface area contributed by atoms with Crippen LogP contribution in [0.25, 0.3) is 22.4 Å². The molecule has 0 aliphatic heterocycles. The number of aryl methyl sites for hydroxylation is 1. The molecule has 2 aromatic carbocycles. The van der Waals surface area contributed by atoms with Gasteiger partial charge in [0.25, 0.3) is 0 Å².